The molecule has 0 unspecified atom stereocenters. The molecule has 1 aliphatic rings. The van der Waals surface area contributed by atoms with Crippen molar-refractivity contribution >= 4 is 22.6 Å². The molecule has 1 aliphatic heterocycles. The standard InChI is InChI=1S/C18H14F4N6O2S/c19-14(20)13-11(17-28(26-13)4-7(23)5-29-17)12-10(8-2-1-3-24-15(8)25-12)9-6-31-27-16(9)30-18(21)22/h1-3,6-7,14,18H,4-5,23H2,(H,24,25)/t7-/m0/s1. The van der Waals surface area contributed by atoms with Crippen molar-refractivity contribution in [3.8, 4) is 34.1 Å². The average Bonchev–Trinajstić information content (AvgIpc) is 3.41. The number of H-pyrrole nitrogens is 1. The SMILES string of the molecule is N[C@@H]1COc2c(-c3[nH]c4ncccc4c3-c3csnc3OC(F)F)c(C(F)F)nn2C1. The predicted octanol–water partition coefficient (Wildman–Crippen LogP) is 3.81. The number of fused-ring (bicyclic) bond motifs is 2. The molecule has 162 valence electrons. The number of aromatic amines is 1. The summed E-state index contributed by atoms with van der Waals surface area (Å²) in [4.78, 5) is 7.25. The molecule has 0 radical (unpaired) electrons. The fourth-order valence-corrected chi connectivity index (χ4v) is 4.25. The molecule has 3 N–H and O–H groups in total. The third kappa shape index (κ3) is 3.29. The van der Waals surface area contributed by atoms with E-state index in [4.69, 9.17) is 10.5 Å². The Hall–Kier alpha value is -3.19. The van der Waals surface area contributed by atoms with E-state index in [0.717, 1.165) is 11.5 Å². The van der Waals surface area contributed by atoms with Crippen LogP contribution in [0.5, 0.6) is 11.8 Å². The Morgan fingerprint density at radius 2 is 2.13 bits per heavy atom. The van der Waals surface area contributed by atoms with E-state index in [0.29, 0.717) is 16.6 Å². The second-order valence-corrected chi connectivity index (χ2v) is 7.43. The van der Waals surface area contributed by atoms with Crippen LogP contribution in [-0.4, -0.2) is 43.4 Å². The van der Waals surface area contributed by atoms with Crippen molar-refractivity contribution in [3.63, 3.8) is 0 Å². The van der Waals surface area contributed by atoms with Gasteiger partial charge < -0.3 is 20.2 Å². The quantitative estimate of drug-likeness (QED) is 0.445. The molecule has 0 bridgehead atoms. The number of nitrogens with zero attached hydrogens (tertiary/aromatic N) is 4. The number of nitrogens with one attached hydrogen (secondary N) is 1. The number of hydrogen-bond acceptors (Lipinski definition) is 7. The van der Waals surface area contributed by atoms with Gasteiger partial charge in [-0.25, -0.2) is 18.4 Å². The summed E-state index contributed by atoms with van der Waals surface area (Å²) in [5.74, 6) is -0.196. The first kappa shape index (κ1) is 19.8. The summed E-state index contributed by atoms with van der Waals surface area (Å²) < 4.78 is 69.1. The van der Waals surface area contributed by atoms with E-state index in [2.05, 4.69) is 24.2 Å². The maximum Gasteiger partial charge on any atom is 0.388 e. The molecule has 31 heavy (non-hydrogen) atoms. The van der Waals surface area contributed by atoms with E-state index in [1.807, 2.05) is 0 Å². The number of halogens is 4. The summed E-state index contributed by atoms with van der Waals surface area (Å²) in [5, 5.41) is 6.02. The number of aromatic nitrogens is 5. The Bertz CT molecular complexity index is 1250. The lowest BCUT2D eigenvalue weighted by Crippen LogP contribution is -2.37. The topological polar surface area (TPSA) is 104 Å². The van der Waals surface area contributed by atoms with Crippen LogP contribution in [0.4, 0.5) is 17.6 Å². The zero-order valence-corrected chi connectivity index (χ0v) is 16.4. The number of alkyl halides is 4. The minimum atomic E-state index is -3.10. The molecule has 4 aromatic rings. The second kappa shape index (κ2) is 7.50. The Morgan fingerprint density at radius 1 is 1.29 bits per heavy atom. The maximum absolute atomic E-state index is 14.0. The van der Waals surface area contributed by atoms with Crippen LogP contribution in [0.15, 0.2) is 23.7 Å². The van der Waals surface area contributed by atoms with Gasteiger partial charge in [0.1, 0.15) is 17.9 Å². The van der Waals surface area contributed by atoms with E-state index in [9.17, 15) is 17.6 Å². The lowest BCUT2D eigenvalue weighted by atomic mass is 10.0. The molecule has 0 amide bonds. The third-order valence-electron chi connectivity index (χ3n) is 4.81. The van der Waals surface area contributed by atoms with Gasteiger partial charge in [0.15, 0.2) is 0 Å². The summed E-state index contributed by atoms with van der Waals surface area (Å²) >= 11 is 0.901. The van der Waals surface area contributed by atoms with E-state index in [-0.39, 0.29) is 41.7 Å². The minimum Gasteiger partial charge on any atom is -0.476 e. The van der Waals surface area contributed by atoms with E-state index < -0.39 is 24.8 Å². The Balaban J connectivity index is 1.80. The highest BCUT2D eigenvalue weighted by Crippen LogP contribution is 2.47. The number of nitrogens with two attached hydrogens (primary N) is 1. The van der Waals surface area contributed by atoms with E-state index >= 15 is 0 Å². The van der Waals surface area contributed by atoms with Crippen molar-refractivity contribution in [2.24, 2.45) is 5.73 Å². The molecule has 8 nitrogen and oxygen atoms in total. The van der Waals surface area contributed by atoms with Crippen molar-refractivity contribution < 1.29 is 27.0 Å². The van der Waals surface area contributed by atoms with Crippen LogP contribution in [-0.2, 0) is 6.54 Å². The average molecular weight is 454 g/mol. The van der Waals surface area contributed by atoms with Crippen LogP contribution in [0.25, 0.3) is 33.4 Å². The van der Waals surface area contributed by atoms with Crippen LogP contribution in [0.3, 0.4) is 0 Å². The van der Waals surface area contributed by atoms with Crippen molar-refractivity contribution in [2.45, 2.75) is 25.6 Å². The van der Waals surface area contributed by atoms with Gasteiger partial charge in [0.2, 0.25) is 11.8 Å². The van der Waals surface area contributed by atoms with Gasteiger partial charge in [-0.15, -0.1) is 0 Å². The predicted molar refractivity (Wildman–Crippen MR) is 103 cm³/mol. The highest BCUT2D eigenvalue weighted by Gasteiger charge is 2.34. The van der Waals surface area contributed by atoms with Crippen LogP contribution in [0.1, 0.15) is 12.1 Å². The van der Waals surface area contributed by atoms with E-state index in [1.54, 1.807) is 12.1 Å². The highest BCUT2D eigenvalue weighted by atomic mass is 32.1. The molecule has 4 aromatic heterocycles. The van der Waals surface area contributed by atoms with Crippen molar-refractivity contribution in [2.75, 3.05) is 6.61 Å². The van der Waals surface area contributed by atoms with Gasteiger partial charge in [-0.3, -0.25) is 0 Å². The zero-order valence-electron chi connectivity index (χ0n) is 15.6. The first-order valence-corrected chi connectivity index (χ1v) is 9.91. The maximum atomic E-state index is 14.0. The van der Waals surface area contributed by atoms with Gasteiger partial charge in [0, 0.05) is 22.5 Å². The molecule has 0 saturated heterocycles. The van der Waals surface area contributed by atoms with Gasteiger partial charge >= 0.3 is 6.61 Å². The number of rotatable bonds is 5. The highest BCUT2D eigenvalue weighted by molar-refractivity contribution is 7.04. The Morgan fingerprint density at radius 3 is 2.90 bits per heavy atom. The summed E-state index contributed by atoms with van der Waals surface area (Å²) in [6, 6.07) is 2.94. The first-order valence-electron chi connectivity index (χ1n) is 9.08. The van der Waals surface area contributed by atoms with Gasteiger partial charge in [0.05, 0.1) is 29.4 Å². The lowest BCUT2D eigenvalue weighted by Gasteiger charge is -2.21. The van der Waals surface area contributed by atoms with Gasteiger partial charge in [-0.1, -0.05) is 0 Å². The van der Waals surface area contributed by atoms with Gasteiger partial charge in [-0.2, -0.15) is 18.3 Å². The first-order chi connectivity index (χ1) is 14.9. The minimum absolute atomic E-state index is 0.0177. The second-order valence-electron chi connectivity index (χ2n) is 6.81. The van der Waals surface area contributed by atoms with Crippen LogP contribution in [0.2, 0.25) is 0 Å². The fourth-order valence-electron chi connectivity index (χ4n) is 3.63. The molecule has 1 atom stereocenters. The van der Waals surface area contributed by atoms with Crippen LogP contribution < -0.4 is 15.2 Å². The Labute approximate surface area is 175 Å². The summed E-state index contributed by atoms with van der Waals surface area (Å²) in [7, 11) is 0. The number of ether oxygens (including phenoxy) is 2. The Kier molecular flexibility index (Phi) is 4.78. The normalized spacial score (nSPS) is 16.2. The smallest absolute Gasteiger partial charge is 0.388 e. The summed E-state index contributed by atoms with van der Waals surface area (Å²) in [5.41, 5.74) is 6.49. The van der Waals surface area contributed by atoms with Crippen molar-refractivity contribution in [3.05, 3.63) is 29.4 Å². The third-order valence-corrected chi connectivity index (χ3v) is 5.42. The van der Waals surface area contributed by atoms with Gasteiger partial charge in [0.25, 0.3) is 6.43 Å². The molecule has 0 aliphatic carbocycles. The molecular formula is C18H14F4N6O2S. The van der Waals surface area contributed by atoms with E-state index in [1.165, 1.54) is 16.3 Å². The molecule has 13 heteroatoms. The van der Waals surface area contributed by atoms with Crippen molar-refractivity contribution in [1.29, 1.82) is 0 Å². The molecule has 5 rings (SSSR count). The lowest BCUT2D eigenvalue weighted by molar-refractivity contribution is -0.0518. The number of pyridine rings is 1. The van der Waals surface area contributed by atoms with Crippen LogP contribution >= 0.6 is 11.5 Å². The summed E-state index contributed by atoms with van der Waals surface area (Å²) in [6.07, 6.45) is -1.40. The monoisotopic (exact) mass is 454 g/mol. The van der Waals surface area contributed by atoms with Gasteiger partial charge in [-0.05, 0) is 23.7 Å². The molecule has 0 saturated carbocycles. The largest absolute Gasteiger partial charge is 0.476 e. The molecular weight excluding hydrogens is 440 g/mol. The van der Waals surface area contributed by atoms with Crippen LogP contribution in [0, 0.1) is 0 Å². The van der Waals surface area contributed by atoms with Crippen molar-refractivity contribution in [1.82, 2.24) is 24.1 Å². The zero-order chi connectivity index (χ0) is 21.7. The molecule has 0 fully saturated rings. The fraction of sp³-hybridized carbons (Fsp3) is 0.278. The summed E-state index contributed by atoms with van der Waals surface area (Å²) in [6.45, 7) is -2.78. The molecule has 0 aromatic carbocycles. The molecule has 5 heterocycles. The molecule has 0 spiro atoms. The number of hydrogen-bond donors (Lipinski definition) is 2.